The van der Waals surface area contributed by atoms with E-state index in [9.17, 15) is 8.42 Å². The zero-order chi connectivity index (χ0) is 17.0. The summed E-state index contributed by atoms with van der Waals surface area (Å²) in [5.41, 5.74) is 0. The van der Waals surface area contributed by atoms with Gasteiger partial charge in [-0.15, -0.1) is 0 Å². The molecule has 0 radical (unpaired) electrons. The van der Waals surface area contributed by atoms with Crippen LogP contribution in [-0.4, -0.2) is 52.6 Å². The lowest BCUT2D eigenvalue weighted by atomic mass is 10.1. The van der Waals surface area contributed by atoms with Crippen molar-refractivity contribution in [3.8, 4) is 0 Å². The first-order valence-corrected chi connectivity index (χ1v) is 10.0. The Balaban J connectivity index is 1.66. The molecule has 0 unspecified atom stereocenters. The van der Waals surface area contributed by atoms with Crippen LogP contribution in [0.2, 0.25) is 5.02 Å². The molecule has 0 amide bonds. The van der Waals surface area contributed by atoms with Gasteiger partial charge in [0, 0.05) is 48.5 Å². The van der Waals surface area contributed by atoms with E-state index in [1.165, 1.54) is 0 Å². The lowest BCUT2D eigenvalue weighted by Gasteiger charge is -2.27. The van der Waals surface area contributed by atoms with Crippen LogP contribution in [0.15, 0.2) is 41.3 Å². The number of nitrogens with one attached hydrogen (secondary N) is 2. The van der Waals surface area contributed by atoms with Gasteiger partial charge in [0.15, 0.2) is 0 Å². The zero-order valence-electron chi connectivity index (χ0n) is 13.5. The van der Waals surface area contributed by atoms with Gasteiger partial charge in [0.2, 0.25) is 10.0 Å². The summed E-state index contributed by atoms with van der Waals surface area (Å²) in [6, 6.07) is 10.5. The van der Waals surface area contributed by atoms with Crippen molar-refractivity contribution in [2.75, 3.05) is 39.3 Å². The van der Waals surface area contributed by atoms with Crippen molar-refractivity contribution in [2.45, 2.75) is 11.3 Å². The molecule has 0 saturated carbocycles. The van der Waals surface area contributed by atoms with E-state index in [0.717, 1.165) is 44.5 Å². The van der Waals surface area contributed by atoms with Crippen molar-refractivity contribution in [1.82, 2.24) is 14.9 Å². The van der Waals surface area contributed by atoms with E-state index >= 15 is 0 Å². The largest absolute Gasteiger partial charge is 0.314 e. The Labute approximate surface area is 148 Å². The number of sulfonamides is 1. The normalized spacial score (nSPS) is 16.5. The van der Waals surface area contributed by atoms with Crippen molar-refractivity contribution in [2.24, 2.45) is 0 Å². The molecule has 0 bridgehead atoms. The molecule has 0 aromatic heterocycles. The molecule has 0 aliphatic carbocycles. The summed E-state index contributed by atoms with van der Waals surface area (Å²) in [6.45, 7) is 5.39. The fraction of sp³-hybridized carbons (Fsp3) is 0.412. The molecular formula is C17H22ClN3O2S. The highest BCUT2D eigenvalue weighted by Gasteiger charge is 2.18. The number of hydrogen-bond acceptors (Lipinski definition) is 4. The maximum Gasteiger partial charge on any atom is 0.241 e. The highest BCUT2D eigenvalue weighted by molar-refractivity contribution is 7.89. The molecule has 2 N–H and O–H groups in total. The fourth-order valence-electron chi connectivity index (χ4n) is 2.99. The van der Waals surface area contributed by atoms with Gasteiger partial charge in [-0.25, -0.2) is 13.1 Å². The molecule has 1 heterocycles. The van der Waals surface area contributed by atoms with Gasteiger partial charge in [0.1, 0.15) is 0 Å². The first kappa shape index (κ1) is 17.6. The smallest absolute Gasteiger partial charge is 0.241 e. The summed E-state index contributed by atoms with van der Waals surface area (Å²) in [6.07, 6.45) is 0.796. The lowest BCUT2D eigenvalue weighted by Crippen LogP contribution is -2.44. The molecular weight excluding hydrogens is 346 g/mol. The number of benzene rings is 2. The molecule has 0 spiro atoms. The van der Waals surface area contributed by atoms with Gasteiger partial charge in [-0.3, -0.25) is 0 Å². The molecule has 1 aliphatic heterocycles. The molecule has 130 valence electrons. The van der Waals surface area contributed by atoms with Crippen LogP contribution in [0, 0.1) is 0 Å². The van der Waals surface area contributed by atoms with Crippen molar-refractivity contribution in [1.29, 1.82) is 0 Å². The topological polar surface area (TPSA) is 61.4 Å². The highest BCUT2D eigenvalue weighted by atomic mass is 35.5. The van der Waals surface area contributed by atoms with E-state index in [1.807, 2.05) is 18.2 Å². The van der Waals surface area contributed by atoms with Crippen LogP contribution < -0.4 is 10.0 Å². The van der Waals surface area contributed by atoms with E-state index in [-0.39, 0.29) is 4.90 Å². The number of rotatable bonds is 6. The Morgan fingerprint density at radius 3 is 2.54 bits per heavy atom. The standard InChI is InChI=1S/C17H22ClN3O2S/c18-16-6-7-17(15-5-2-1-4-14(15)16)24(22,23)20-8-3-11-21-12-9-19-10-13-21/h1-2,4-7,19-20H,3,8-13H2. The van der Waals surface area contributed by atoms with E-state index in [1.54, 1.807) is 18.2 Å². The van der Waals surface area contributed by atoms with Crippen LogP contribution >= 0.6 is 11.6 Å². The minimum Gasteiger partial charge on any atom is -0.314 e. The van der Waals surface area contributed by atoms with Crippen LogP contribution in [0.1, 0.15) is 6.42 Å². The molecule has 2 aromatic rings. The van der Waals surface area contributed by atoms with E-state index in [2.05, 4.69) is 14.9 Å². The molecule has 1 saturated heterocycles. The molecule has 3 rings (SSSR count). The van der Waals surface area contributed by atoms with Crippen molar-refractivity contribution >= 4 is 32.4 Å². The Bertz CT molecular complexity index is 805. The summed E-state index contributed by atoms with van der Waals surface area (Å²) in [4.78, 5) is 2.63. The Morgan fingerprint density at radius 1 is 1.08 bits per heavy atom. The number of hydrogen-bond donors (Lipinski definition) is 2. The summed E-state index contributed by atoms with van der Waals surface area (Å²) in [7, 11) is -3.55. The van der Waals surface area contributed by atoms with Crippen molar-refractivity contribution < 1.29 is 8.42 Å². The Kier molecular flexibility index (Phi) is 5.73. The van der Waals surface area contributed by atoms with Gasteiger partial charge in [-0.2, -0.15) is 0 Å². The van der Waals surface area contributed by atoms with Crippen LogP contribution in [0.3, 0.4) is 0 Å². The summed E-state index contributed by atoms with van der Waals surface area (Å²) in [5, 5.41) is 5.27. The molecule has 2 aromatic carbocycles. The summed E-state index contributed by atoms with van der Waals surface area (Å²) >= 11 is 6.17. The van der Waals surface area contributed by atoms with Gasteiger partial charge in [0.25, 0.3) is 0 Å². The maximum absolute atomic E-state index is 12.6. The predicted octanol–water partition coefficient (Wildman–Crippen LogP) is 2.07. The van der Waals surface area contributed by atoms with Crippen molar-refractivity contribution in [3.05, 3.63) is 41.4 Å². The second-order valence-electron chi connectivity index (χ2n) is 5.93. The van der Waals surface area contributed by atoms with E-state index < -0.39 is 10.0 Å². The number of fused-ring (bicyclic) bond motifs is 1. The third-order valence-electron chi connectivity index (χ3n) is 4.27. The molecule has 7 heteroatoms. The van der Waals surface area contributed by atoms with Crippen LogP contribution in [0.5, 0.6) is 0 Å². The Morgan fingerprint density at radius 2 is 1.79 bits per heavy atom. The monoisotopic (exact) mass is 367 g/mol. The maximum atomic E-state index is 12.6. The average molecular weight is 368 g/mol. The molecule has 0 atom stereocenters. The molecule has 5 nitrogen and oxygen atoms in total. The second-order valence-corrected chi connectivity index (χ2v) is 8.08. The molecule has 24 heavy (non-hydrogen) atoms. The lowest BCUT2D eigenvalue weighted by molar-refractivity contribution is 0.239. The molecule has 1 fully saturated rings. The minimum atomic E-state index is -3.55. The van der Waals surface area contributed by atoms with E-state index in [0.29, 0.717) is 17.0 Å². The minimum absolute atomic E-state index is 0.282. The zero-order valence-corrected chi connectivity index (χ0v) is 15.0. The highest BCUT2D eigenvalue weighted by Crippen LogP contribution is 2.28. The van der Waals surface area contributed by atoms with Crippen LogP contribution in [0.25, 0.3) is 10.8 Å². The number of halogens is 1. The van der Waals surface area contributed by atoms with E-state index in [4.69, 9.17) is 11.6 Å². The summed E-state index contributed by atoms with van der Waals surface area (Å²) < 4.78 is 28.0. The van der Waals surface area contributed by atoms with Gasteiger partial charge < -0.3 is 10.2 Å². The third-order valence-corrected chi connectivity index (χ3v) is 6.12. The van der Waals surface area contributed by atoms with Crippen LogP contribution in [-0.2, 0) is 10.0 Å². The fourth-order valence-corrected chi connectivity index (χ4v) is 4.50. The first-order valence-electron chi connectivity index (χ1n) is 8.18. The Hall–Kier alpha value is -1.18. The quantitative estimate of drug-likeness (QED) is 0.767. The number of piperazine rings is 1. The first-order chi connectivity index (χ1) is 11.6. The van der Waals surface area contributed by atoms with Gasteiger partial charge in [0.05, 0.1) is 4.90 Å². The predicted molar refractivity (Wildman–Crippen MR) is 98.1 cm³/mol. The molecule has 1 aliphatic rings. The SMILES string of the molecule is O=S(=O)(NCCCN1CCNCC1)c1ccc(Cl)c2ccccc12. The second kappa shape index (κ2) is 7.80. The average Bonchev–Trinajstić information content (AvgIpc) is 2.60. The third kappa shape index (κ3) is 4.07. The van der Waals surface area contributed by atoms with Crippen molar-refractivity contribution in [3.63, 3.8) is 0 Å². The van der Waals surface area contributed by atoms with Crippen LogP contribution in [0.4, 0.5) is 0 Å². The number of nitrogens with zero attached hydrogens (tertiary/aromatic N) is 1. The van der Waals surface area contributed by atoms with Gasteiger partial charge in [-0.1, -0.05) is 35.9 Å². The van der Waals surface area contributed by atoms with Gasteiger partial charge >= 0.3 is 0 Å². The summed E-state index contributed by atoms with van der Waals surface area (Å²) in [5.74, 6) is 0. The van der Waals surface area contributed by atoms with Gasteiger partial charge in [-0.05, 0) is 25.1 Å².